The minimum atomic E-state index is 0.184. The minimum absolute atomic E-state index is 0.184. The topological polar surface area (TPSA) is 27.1 Å². The molecule has 0 fully saturated rings. The fourth-order valence-corrected chi connectivity index (χ4v) is 1.43. The zero-order valence-corrected chi connectivity index (χ0v) is 10.6. The van der Waals surface area contributed by atoms with E-state index in [2.05, 4.69) is 25.8 Å². The third kappa shape index (κ3) is 3.34. The molecule has 90 valence electrons. The summed E-state index contributed by atoms with van der Waals surface area (Å²) in [7, 11) is 0. The standard InChI is InChI=1S/C14H18N2O/c1-14(2,3)10-17-13-6-4-12(5-7-13)16-9-8-15-11-16/h4-9,11H,10H2,1-3H3. The fraction of sp³-hybridized carbons (Fsp3) is 0.357. The van der Waals surface area contributed by atoms with Crippen molar-refractivity contribution in [2.24, 2.45) is 5.41 Å². The third-order valence-electron chi connectivity index (χ3n) is 2.31. The van der Waals surface area contributed by atoms with Crippen LogP contribution >= 0.6 is 0 Å². The van der Waals surface area contributed by atoms with E-state index in [1.807, 2.05) is 35.0 Å². The lowest BCUT2D eigenvalue weighted by Crippen LogP contribution is -2.16. The van der Waals surface area contributed by atoms with Crippen LogP contribution in [0, 0.1) is 5.41 Å². The molecule has 2 rings (SSSR count). The van der Waals surface area contributed by atoms with Gasteiger partial charge in [-0.15, -0.1) is 0 Å². The van der Waals surface area contributed by atoms with E-state index in [0.29, 0.717) is 0 Å². The summed E-state index contributed by atoms with van der Waals surface area (Å²) in [5.74, 6) is 0.906. The molecule has 3 heteroatoms. The summed E-state index contributed by atoms with van der Waals surface area (Å²) in [5.41, 5.74) is 1.27. The quantitative estimate of drug-likeness (QED) is 0.809. The summed E-state index contributed by atoms with van der Waals surface area (Å²) < 4.78 is 7.68. The minimum Gasteiger partial charge on any atom is -0.493 e. The van der Waals surface area contributed by atoms with Gasteiger partial charge in [-0.1, -0.05) is 20.8 Å². The van der Waals surface area contributed by atoms with Crippen molar-refractivity contribution >= 4 is 0 Å². The van der Waals surface area contributed by atoms with Gasteiger partial charge in [-0.2, -0.15) is 0 Å². The molecule has 0 amide bonds. The number of hydrogen-bond donors (Lipinski definition) is 0. The highest BCUT2D eigenvalue weighted by atomic mass is 16.5. The second-order valence-electron chi connectivity index (χ2n) is 5.31. The van der Waals surface area contributed by atoms with Gasteiger partial charge in [0.2, 0.25) is 0 Å². The zero-order valence-electron chi connectivity index (χ0n) is 10.6. The lowest BCUT2D eigenvalue weighted by atomic mass is 9.99. The Morgan fingerprint density at radius 3 is 2.41 bits per heavy atom. The van der Waals surface area contributed by atoms with Crippen molar-refractivity contribution in [3.8, 4) is 11.4 Å². The van der Waals surface area contributed by atoms with Crippen molar-refractivity contribution in [1.29, 1.82) is 0 Å². The van der Waals surface area contributed by atoms with Gasteiger partial charge in [0.25, 0.3) is 0 Å². The summed E-state index contributed by atoms with van der Waals surface area (Å²) in [6, 6.07) is 8.03. The molecule has 3 nitrogen and oxygen atoms in total. The number of rotatable bonds is 3. The molecule has 0 aliphatic heterocycles. The van der Waals surface area contributed by atoms with Crippen LogP contribution in [0.1, 0.15) is 20.8 Å². The molecule has 0 atom stereocenters. The number of ether oxygens (including phenoxy) is 1. The van der Waals surface area contributed by atoms with Crippen LogP contribution in [0.5, 0.6) is 5.75 Å². The van der Waals surface area contributed by atoms with E-state index < -0.39 is 0 Å². The lowest BCUT2D eigenvalue weighted by Gasteiger charge is -2.18. The van der Waals surface area contributed by atoms with Crippen LogP contribution in [-0.4, -0.2) is 16.2 Å². The lowest BCUT2D eigenvalue weighted by molar-refractivity contribution is 0.198. The number of nitrogens with zero attached hydrogens (tertiary/aromatic N) is 2. The Balaban J connectivity index is 2.04. The van der Waals surface area contributed by atoms with Gasteiger partial charge in [-0.3, -0.25) is 0 Å². The Bertz CT molecular complexity index is 452. The van der Waals surface area contributed by atoms with Crippen molar-refractivity contribution in [3.63, 3.8) is 0 Å². The molecule has 0 saturated carbocycles. The van der Waals surface area contributed by atoms with Gasteiger partial charge < -0.3 is 9.30 Å². The molecule has 0 bridgehead atoms. The monoisotopic (exact) mass is 230 g/mol. The first kappa shape index (κ1) is 11.7. The van der Waals surface area contributed by atoms with E-state index in [1.54, 1.807) is 12.5 Å². The maximum atomic E-state index is 5.72. The van der Waals surface area contributed by atoms with E-state index in [9.17, 15) is 0 Å². The van der Waals surface area contributed by atoms with Crippen LogP contribution in [0.3, 0.4) is 0 Å². The van der Waals surface area contributed by atoms with E-state index in [-0.39, 0.29) is 5.41 Å². The van der Waals surface area contributed by atoms with Gasteiger partial charge in [0.15, 0.2) is 0 Å². The molecule has 0 spiro atoms. The second kappa shape index (κ2) is 4.62. The number of imidazole rings is 1. The molecule has 0 saturated heterocycles. The van der Waals surface area contributed by atoms with E-state index >= 15 is 0 Å². The van der Waals surface area contributed by atoms with Gasteiger partial charge in [0, 0.05) is 18.1 Å². The average molecular weight is 230 g/mol. The highest BCUT2D eigenvalue weighted by molar-refractivity contribution is 5.37. The first-order valence-electron chi connectivity index (χ1n) is 5.76. The molecular formula is C14H18N2O. The Kier molecular flexibility index (Phi) is 3.18. The van der Waals surface area contributed by atoms with Crippen LogP contribution in [0.15, 0.2) is 43.0 Å². The van der Waals surface area contributed by atoms with E-state index in [0.717, 1.165) is 18.0 Å². The van der Waals surface area contributed by atoms with Crippen LogP contribution in [0.25, 0.3) is 5.69 Å². The maximum Gasteiger partial charge on any atom is 0.119 e. The molecule has 0 radical (unpaired) electrons. The van der Waals surface area contributed by atoms with Gasteiger partial charge in [0.1, 0.15) is 5.75 Å². The number of hydrogen-bond acceptors (Lipinski definition) is 2. The Hall–Kier alpha value is -1.77. The van der Waals surface area contributed by atoms with Crippen molar-refractivity contribution in [2.75, 3.05) is 6.61 Å². The molecule has 0 aliphatic rings. The van der Waals surface area contributed by atoms with Crippen molar-refractivity contribution in [3.05, 3.63) is 43.0 Å². The van der Waals surface area contributed by atoms with E-state index in [4.69, 9.17) is 4.74 Å². The molecular weight excluding hydrogens is 212 g/mol. The third-order valence-corrected chi connectivity index (χ3v) is 2.31. The first-order chi connectivity index (χ1) is 8.04. The van der Waals surface area contributed by atoms with Crippen LogP contribution in [0.2, 0.25) is 0 Å². The molecule has 0 aliphatic carbocycles. The summed E-state index contributed by atoms with van der Waals surface area (Å²) in [6.07, 6.45) is 5.47. The van der Waals surface area contributed by atoms with Crippen LogP contribution in [-0.2, 0) is 0 Å². The second-order valence-corrected chi connectivity index (χ2v) is 5.31. The van der Waals surface area contributed by atoms with E-state index in [1.165, 1.54) is 0 Å². The molecule has 1 aromatic heterocycles. The van der Waals surface area contributed by atoms with Crippen molar-refractivity contribution in [2.45, 2.75) is 20.8 Å². The highest BCUT2D eigenvalue weighted by Gasteiger charge is 2.10. The number of benzene rings is 1. The highest BCUT2D eigenvalue weighted by Crippen LogP contribution is 2.19. The zero-order chi connectivity index (χ0) is 12.3. The average Bonchev–Trinajstić information content (AvgIpc) is 2.79. The van der Waals surface area contributed by atoms with Crippen molar-refractivity contribution < 1.29 is 4.74 Å². The molecule has 0 unspecified atom stereocenters. The van der Waals surface area contributed by atoms with Gasteiger partial charge in [-0.25, -0.2) is 4.98 Å². The predicted molar refractivity (Wildman–Crippen MR) is 68.5 cm³/mol. The normalized spacial score (nSPS) is 11.5. The fourth-order valence-electron chi connectivity index (χ4n) is 1.43. The van der Waals surface area contributed by atoms with Gasteiger partial charge >= 0.3 is 0 Å². The summed E-state index contributed by atoms with van der Waals surface area (Å²) in [4.78, 5) is 4.02. The van der Waals surface area contributed by atoms with Crippen molar-refractivity contribution in [1.82, 2.24) is 9.55 Å². The predicted octanol–water partition coefficient (Wildman–Crippen LogP) is 3.30. The first-order valence-corrected chi connectivity index (χ1v) is 5.76. The molecule has 0 N–H and O–H groups in total. The Morgan fingerprint density at radius 2 is 1.88 bits per heavy atom. The Morgan fingerprint density at radius 1 is 1.18 bits per heavy atom. The van der Waals surface area contributed by atoms with Crippen LogP contribution in [0.4, 0.5) is 0 Å². The largest absolute Gasteiger partial charge is 0.493 e. The maximum absolute atomic E-state index is 5.72. The summed E-state index contributed by atoms with van der Waals surface area (Å²) in [5, 5.41) is 0. The SMILES string of the molecule is CC(C)(C)COc1ccc(-n2ccnc2)cc1. The number of aromatic nitrogens is 2. The Labute approximate surface area is 102 Å². The molecule has 2 aromatic rings. The van der Waals surface area contributed by atoms with Gasteiger partial charge in [-0.05, 0) is 29.7 Å². The smallest absolute Gasteiger partial charge is 0.119 e. The molecule has 1 heterocycles. The van der Waals surface area contributed by atoms with Gasteiger partial charge in [0.05, 0.1) is 12.9 Å². The molecule has 17 heavy (non-hydrogen) atoms. The molecule has 1 aromatic carbocycles. The summed E-state index contributed by atoms with van der Waals surface area (Å²) in [6.45, 7) is 7.20. The van der Waals surface area contributed by atoms with Crippen LogP contribution < -0.4 is 4.74 Å². The summed E-state index contributed by atoms with van der Waals surface area (Å²) >= 11 is 0.